The number of hydrogen-bond donors (Lipinski definition) is 3. The number of carbonyl (C=O) groups is 2. The van der Waals surface area contributed by atoms with E-state index in [1.54, 1.807) is 36.7 Å². The van der Waals surface area contributed by atoms with Crippen LogP contribution < -0.4 is 16.0 Å². The Morgan fingerprint density at radius 1 is 1.26 bits per heavy atom. The quantitative estimate of drug-likeness (QED) is 0.726. The minimum absolute atomic E-state index is 0.0111. The number of thiophene rings is 1. The van der Waals surface area contributed by atoms with Crippen molar-refractivity contribution in [1.29, 1.82) is 0 Å². The van der Waals surface area contributed by atoms with E-state index < -0.39 is 6.04 Å². The summed E-state index contributed by atoms with van der Waals surface area (Å²) < 4.78 is 5.13. The summed E-state index contributed by atoms with van der Waals surface area (Å²) in [6, 6.07) is 4.57. The number of amides is 3. The Bertz CT molecular complexity index is 611. The van der Waals surface area contributed by atoms with Crippen molar-refractivity contribution in [1.82, 2.24) is 16.0 Å². The van der Waals surface area contributed by atoms with Crippen molar-refractivity contribution in [2.75, 3.05) is 0 Å². The van der Waals surface area contributed by atoms with Gasteiger partial charge in [-0.05, 0) is 54.8 Å². The van der Waals surface area contributed by atoms with Crippen LogP contribution in [0.3, 0.4) is 0 Å². The maximum absolute atomic E-state index is 11.9. The highest BCUT2D eigenvalue weighted by Crippen LogP contribution is 2.08. The summed E-state index contributed by atoms with van der Waals surface area (Å²) >= 11 is 1.63. The van der Waals surface area contributed by atoms with Crippen LogP contribution in [0.1, 0.15) is 25.2 Å². The van der Waals surface area contributed by atoms with Gasteiger partial charge in [-0.25, -0.2) is 4.79 Å². The molecule has 0 spiro atoms. The Balaban J connectivity index is 1.69. The summed E-state index contributed by atoms with van der Waals surface area (Å²) in [6.45, 7) is 3.87. The van der Waals surface area contributed by atoms with Crippen molar-refractivity contribution in [3.05, 3.63) is 46.5 Å². The standard InChI is InChI=1S/C16H21N3O3S/c1-11(8-13-5-7-23-10-13)18-16(21)19-12(2)15(20)17-9-14-4-3-6-22-14/h3-7,10-12H,8-9H2,1-2H3,(H,17,20)(H2,18,19,21)/t11-,12-/m0/s1. The molecule has 7 heteroatoms. The molecule has 3 amide bonds. The summed E-state index contributed by atoms with van der Waals surface area (Å²) in [4.78, 5) is 23.8. The molecule has 0 aliphatic carbocycles. The lowest BCUT2D eigenvalue weighted by Crippen LogP contribution is -2.50. The topological polar surface area (TPSA) is 83.4 Å². The van der Waals surface area contributed by atoms with Crippen molar-refractivity contribution in [3.63, 3.8) is 0 Å². The van der Waals surface area contributed by atoms with Crippen molar-refractivity contribution in [3.8, 4) is 0 Å². The van der Waals surface area contributed by atoms with Gasteiger partial charge in [-0.15, -0.1) is 0 Å². The van der Waals surface area contributed by atoms with Crippen molar-refractivity contribution < 1.29 is 14.0 Å². The highest BCUT2D eigenvalue weighted by molar-refractivity contribution is 7.07. The van der Waals surface area contributed by atoms with Gasteiger partial charge in [0, 0.05) is 6.04 Å². The molecule has 2 aromatic rings. The molecule has 2 atom stereocenters. The molecule has 0 fully saturated rings. The van der Waals surface area contributed by atoms with Crippen LogP contribution in [0.15, 0.2) is 39.6 Å². The van der Waals surface area contributed by atoms with Crippen LogP contribution in [0, 0.1) is 0 Å². The largest absolute Gasteiger partial charge is 0.467 e. The molecule has 0 unspecified atom stereocenters. The fourth-order valence-corrected chi connectivity index (χ4v) is 2.76. The molecule has 0 aliphatic heterocycles. The van der Waals surface area contributed by atoms with Gasteiger partial charge in [0.2, 0.25) is 5.91 Å². The van der Waals surface area contributed by atoms with Gasteiger partial charge in [0.05, 0.1) is 12.8 Å². The van der Waals surface area contributed by atoms with Crippen LogP contribution in [0.25, 0.3) is 0 Å². The number of rotatable bonds is 7. The van der Waals surface area contributed by atoms with Gasteiger partial charge in [-0.3, -0.25) is 4.79 Å². The van der Waals surface area contributed by atoms with Gasteiger partial charge in [0.15, 0.2) is 0 Å². The number of hydrogen-bond acceptors (Lipinski definition) is 4. The van der Waals surface area contributed by atoms with E-state index in [1.165, 1.54) is 5.56 Å². The SMILES string of the molecule is C[C@H](NC(=O)N[C@@H](C)Cc1ccsc1)C(=O)NCc1ccco1. The van der Waals surface area contributed by atoms with Crippen molar-refractivity contribution in [2.24, 2.45) is 0 Å². The number of urea groups is 1. The van der Waals surface area contributed by atoms with Crippen LogP contribution in [0.4, 0.5) is 4.79 Å². The van der Waals surface area contributed by atoms with Crippen LogP contribution in [0.5, 0.6) is 0 Å². The third-order valence-electron chi connectivity index (χ3n) is 3.26. The molecule has 0 saturated carbocycles. The van der Waals surface area contributed by atoms with Gasteiger partial charge >= 0.3 is 6.03 Å². The molecule has 2 rings (SSSR count). The first-order valence-electron chi connectivity index (χ1n) is 7.43. The Kier molecular flexibility index (Phi) is 6.22. The average Bonchev–Trinajstić information content (AvgIpc) is 3.17. The Morgan fingerprint density at radius 2 is 2.09 bits per heavy atom. The summed E-state index contributed by atoms with van der Waals surface area (Å²) in [5.41, 5.74) is 1.19. The van der Waals surface area contributed by atoms with Crippen LogP contribution in [-0.4, -0.2) is 24.0 Å². The molecule has 3 N–H and O–H groups in total. The average molecular weight is 335 g/mol. The predicted molar refractivity (Wildman–Crippen MR) is 89.2 cm³/mol. The van der Waals surface area contributed by atoms with Crippen molar-refractivity contribution >= 4 is 23.3 Å². The van der Waals surface area contributed by atoms with Gasteiger partial charge in [0.1, 0.15) is 11.8 Å². The fraction of sp³-hybridized carbons (Fsp3) is 0.375. The first kappa shape index (κ1) is 17.1. The molecule has 2 aromatic heterocycles. The van der Waals surface area contributed by atoms with Gasteiger partial charge in [-0.1, -0.05) is 0 Å². The van der Waals surface area contributed by atoms with E-state index in [9.17, 15) is 9.59 Å². The third-order valence-corrected chi connectivity index (χ3v) is 3.99. The van der Waals surface area contributed by atoms with E-state index in [-0.39, 0.29) is 18.0 Å². The van der Waals surface area contributed by atoms with E-state index in [4.69, 9.17) is 4.42 Å². The molecule has 23 heavy (non-hydrogen) atoms. The number of nitrogens with one attached hydrogen (secondary N) is 3. The maximum atomic E-state index is 11.9. The lowest BCUT2D eigenvalue weighted by Gasteiger charge is -2.17. The highest BCUT2D eigenvalue weighted by atomic mass is 32.1. The molecule has 0 aliphatic rings. The number of carbonyl (C=O) groups excluding carboxylic acids is 2. The molecule has 0 radical (unpaired) electrons. The number of furan rings is 1. The molecule has 0 aromatic carbocycles. The monoisotopic (exact) mass is 335 g/mol. The second kappa shape index (κ2) is 8.38. The third kappa shape index (κ3) is 5.78. The molecule has 124 valence electrons. The lowest BCUT2D eigenvalue weighted by molar-refractivity contribution is -0.122. The zero-order valence-corrected chi connectivity index (χ0v) is 14.0. The minimum Gasteiger partial charge on any atom is -0.467 e. The Morgan fingerprint density at radius 3 is 2.74 bits per heavy atom. The van der Waals surface area contributed by atoms with E-state index in [1.807, 2.05) is 18.4 Å². The minimum atomic E-state index is -0.627. The molecule has 0 bridgehead atoms. The molecule has 0 saturated heterocycles. The Hall–Kier alpha value is -2.28. The summed E-state index contributed by atoms with van der Waals surface area (Å²) in [7, 11) is 0. The Labute approximate surface area is 139 Å². The van der Waals surface area contributed by atoms with Crippen LogP contribution in [0.2, 0.25) is 0 Å². The zero-order valence-electron chi connectivity index (χ0n) is 13.2. The van der Waals surface area contributed by atoms with E-state index in [0.717, 1.165) is 6.42 Å². The first-order chi connectivity index (χ1) is 11.0. The molecular formula is C16H21N3O3S. The molecular weight excluding hydrogens is 314 g/mol. The second-order valence-corrected chi connectivity index (χ2v) is 6.15. The fourth-order valence-electron chi connectivity index (χ4n) is 2.08. The molecule has 2 heterocycles. The van der Waals surface area contributed by atoms with Crippen LogP contribution in [-0.2, 0) is 17.8 Å². The van der Waals surface area contributed by atoms with Gasteiger partial charge < -0.3 is 20.4 Å². The van der Waals surface area contributed by atoms with Gasteiger partial charge in [0.25, 0.3) is 0 Å². The van der Waals surface area contributed by atoms with E-state index in [2.05, 4.69) is 21.3 Å². The van der Waals surface area contributed by atoms with Gasteiger partial charge in [-0.2, -0.15) is 11.3 Å². The summed E-state index contributed by atoms with van der Waals surface area (Å²) in [5.74, 6) is 0.404. The lowest BCUT2D eigenvalue weighted by atomic mass is 10.1. The molecule has 6 nitrogen and oxygen atoms in total. The maximum Gasteiger partial charge on any atom is 0.315 e. The summed E-state index contributed by atoms with van der Waals surface area (Å²) in [5, 5.41) is 12.2. The highest BCUT2D eigenvalue weighted by Gasteiger charge is 2.16. The normalized spacial score (nSPS) is 13.1. The van der Waals surface area contributed by atoms with Crippen molar-refractivity contribution in [2.45, 2.75) is 38.9 Å². The second-order valence-electron chi connectivity index (χ2n) is 5.37. The van der Waals surface area contributed by atoms with E-state index >= 15 is 0 Å². The van der Waals surface area contributed by atoms with Crippen LogP contribution >= 0.6 is 11.3 Å². The first-order valence-corrected chi connectivity index (χ1v) is 8.37. The predicted octanol–water partition coefficient (Wildman–Crippen LogP) is 2.28. The zero-order chi connectivity index (χ0) is 16.7. The smallest absolute Gasteiger partial charge is 0.315 e. The van der Waals surface area contributed by atoms with E-state index in [0.29, 0.717) is 12.3 Å². The summed E-state index contributed by atoms with van der Waals surface area (Å²) in [6.07, 6.45) is 2.31.